The molecule has 3 N–H and O–H groups in total. The van der Waals surface area contributed by atoms with Crippen molar-refractivity contribution in [3.63, 3.8) is 0 Å². The molecule has 0 saturated carbocycles. The molecule has 0 aromatic carbocycles. The van der Waals surface area contributed by atoms with Crippen molar-refractivity contribution in [2.75, 3.05) is 39.9 Å². The Morgan fingerprint density at radius 3 is 2.88 bits per heavy atom. The second kappa shape index (κ2) is 6.44. The van der Waals surface area contributed by atoms with Crippen LogP contribution in [0.2, 0.25) is 0 Å². The Kier molecular flexibility index (Phi) is 5.21. The van der Waals surface area contributed by atoms with Gasteiger partial charge in [-0.1, -0.05) is 0 Å². The summed E-state index contributed by atoms with van der Waals surface area (Å²) >= 11 is 0. The molecule has 1 fully saturated rings. The average Bonchev–Trinajstić information content (AvgIpc) is 2.73. The average molecular weight is 229 g/mol. The van der Waals surface area contributed by atoms with Gasteiger partial charge in [-0.15, -0.1) is 0 Å². The highest BCUT2D eigenvalue weighted by molar-refractivity contribution is 5.82. The van der Waals surface area contributed by atoms with Gasteiger partial charge in [-0.2, -0.15) is 0 Å². The molecule has 0 aliphatic carbocycles. The summed E-state index contributed by atoms with van der Waals surface area (Å²) in [5.41, 5.74) is 5.19. The molecule has 92 valence electrons. The van der Waals surface area contributed by atoms with Crippen molar-refractivity contribution in [1.82, 2.24) is 10.2 Å². The standard InChI is InChI=1S/C10H19N3O3/c1-16-5-3-12-6-9(14)13-4-2-8(7-13)10(11)15/h8,12H,2-7H2,1H3,(H2,11,15). The highest BCUT2D eigenvalue weighted by Crippen LogP contribution is 2.15. The van der Waals surface area contributed by atoms with E-state index in [0.29, 0.717) is 32.7 Å². The molecule has 1 unspecified atom stereocenters. The summed E-state index contributed by atoms with van der Waals surface area (Å²) in [5.74, 6) is -0.481. The lowest BCUT2D eigenvalue weighted by molar-refractivity contribution is -0.129. The number of hydrogen-bond acceptors (Lipinski definition) is 4. The van der Waals surface area contributed by atoms with Gasteiger partial charge >= 0.3 is 0 Å². The van der Waals surface area contributed by atoms with Crippen molar-refractivity contribution in [3.8, 4) is 0 Å². The molecule has 1 heterocycles. The Balaban J connectivity index is 2.20. The zero-order valence-electron chi connectivity index (χ0n) is 9.57. The smallest absolute Gasteiger partial charge is 0.236 e. The Labute approximate surface area is 95.1 Å². The molecule has 6 heteroatoms. The second-order valence-electron chi connectivity index (χ2n) is 3.90. The predicted molar refractivity (Wildman–Crippen MR) is 58.6 cm³/mol. The second-order valence-corrected chi connectivity index (χ2v) is 3.90. The maximum absolute atomic E-state index is 11.6. The summed E-state index contributed by atoms with van der Waals surface area (Å²) in [6.45, 7) is 2.60. The van der Waals surface area contributed by atoms with Crippen LogP contribution in [0.3, 0.4) is 0 Å². The van der Waals surface area contributed by atoms with Gasteiger partial charge in [-0.05, 0) is 6.42 Å². The lowest BCUT2D eigenvalue weighted by Crippen LogP contribution is -2.38. The molecule has 6 nitrogen and oxygen atoms in total. The number of hydrogen-bond donors (Lipinski definition) is 2. The maximum atomic E-state index is 11.6. The van der Waals surface area contributed by atoms with Crippen molar-refractivity contribution in [2.45, 2.75) is 6.42 Å². The van der Waals surface area contributed by atoms with Crippen LogP contribution in [0.15, 0.2) is 0 Å². The highest BCUT2D eigenvalue weighted by Gasteiger charge is 2.29. The normalized spacial score (nSPS) is 20.1. The van der Waals surface area contributed by atoms with E-state index in [-0.39, 0.29) is 24.3 Å². The number of primary amides is 1. The highest BCUT2D eigenvalue weighted by atomic mass is 16.5. The zero-order chi connectivity index (χ0) is 12.0. The van der Waals surface area contributed by atoms with Gasteiger partial charge in [0.15, 0.2) is 0 Å². The molecule has 0 aromatic rings. The number of nitrogens with one attached hydrogen (secondary N) is 1. The summed E-state index contributed by atoms with van der Waals surface area (Å²) in [6.07, 6.45) is 0.680. The number of carbonyl (C=O) groups is 2. The SMILES string of the molecule is COCCNCC(=O)N1CCC(C(N)=O)C1. The molecular weight excluding hydrogens is 210 g/mol. The van der Waals surface area contributed by atoms with E-state index in [1.165, 1.54) is 0 Å². The minimum atomic E-state index is -0.317. The first-order valence-electron chi connectivity index (χ1n) is 5.42. The van der Waals surface area contributed by atoms with Crippen LogP contribution in [0.25, 0.3) is 0 Å². The first-order valence-corrected chi connectivity index (χ1v) is 5.42. The molecule has 16 heavy (non-hydrogen) atoms. The fraction of sp³-hybridized carbons (Fsp3) is 0.800. The van der Waals surface area contributed by atoms with Crippen LogP contribution < -0.4 is 11.1 Å². The van der Waals surface area contributed by atoms with E-state index in [9.17, 15) is 9.59 Å². The van der Waals surface area contributed by atoms with Gasteiger partial charge in [-0.25, -0.2) is 0 Å². The van der Waals surface area contributed by atoms with E-state index in [1.54, 1.807) is 12.0 Å². The summed E-state index contributed by atoms with van der Waals surface area (Å²) in [7, 11) is 1.61. The number of rotatable bonds is 6. The van der Waals surface area contributed by atoms with Crippen molar-refractivity contribution in [1.29, 1.82) is 0 Å². The number of likely N-dealkylation sites (tertiary alicyclic amines) is 1. The van der Waals surface area contributed by atoms with Crippen LogP contribution >= 0.6 is 0 Å². The van der Waals surface area contributed by atoms with Gasteiger partial charge in [0.25, 0.3) is 0 Å². The minimum Gasteiger partial charge on any atom is -0.383 e. The van der Waals surface area contributed by atoms with Crippen molar-refractivity contribution in [2.24, 2.45) is 11.7 Å². The lowest BCUT2D eigenvalue weighted by atomic mass is 10.1. The predicted octanol–water partition coefficient (Wildman–Crippen LogP) is -1.44. The number of carbonyl (C=O) groups excluding carboxylic acids is 2. The number of amides is 2. The third-order valence-corrected chi connectivity index (χ3v) is 2.70. The Bertz CT molecular complexity index is 258. The van der Waals surface area contributed by atoms with E-state index in [2.05, 4.69) is 5.32 Å². The van der Waals surface area contributed by atoms with Crippen LogP contribution in [0.5, 0.6) is 0 Å². The van der Waals surface area contributed by atoms with Gasteiger partial charge in [0.05, 0.1) is 19.1 Å². The molecule has 0 spiro atoms. The molecular formula is C10H19N3O3. The molecule has 1 rings (SSSR count). The number of ether oxygens (including phenoxy) is 1. The van der Waals surface area contributed by atoms with Crippen molar-refractivity contribution >= 4 is 11.8 Å². The first-order chi connectivity index (χ1) is 7.65. The van der Waals surface area contributed by atoms with Gasteiger partial charge in [0, 0.05) is 26.7 Å². The largest absolute Gasteiger partial charge is 0.383 e. The molecule has 0 bridgehead atoms. The van der Waals surface area contributed by atoms with Gasteiger partial charge in [-0.3, -0.25) is 9.59 Å². The molecule has 1 aliphatic heterocycles. The Hall–Kier alpha value is -1.14. The van der Waals surface area contributed by atoms with Gasteiger partial charge in [0.2, 0.25) is 11.8 Å². The number of nitrogens with two attached hydrogens (primary N) is 1. The molecule has 2 amide bonds. The van der Waals surface area contributed by atoms with E-state index in [4.69, 9.17) is 10.5 Å². The minimum absolute atomic E-state index is 0.0138. The topological polar surface area (TPSA) is 84.7 Å². The summed E-state index contributed by atoms with van der Waals surface area (Å²) < 4.78 is 4.85. The van der Waals surface area contributed by atoms with E-state index >= 15 is 0 Å². The molecule has 1 saturated heterocycles. The monoisotopic (exact) mass is 229 g/mol. The third-order valence-electron chi connectivity index (χ3n) is 2.70. The molecule has 0 radical (unpaired) electrons. The molecule has 1 aliphatic rings. The van der Waals surface area contributed by atoms with Crippen LogP contribution in [-0.4, -0.2) is 56.6 Å². The van der Waals surface area contributed by atoms with E-state index in [0.717, 1.165) is 0 Å². The summed E-state index contributed by atoms with van der Waals surface area (Å²) in [6, 6.07) is 0. The molecule has 0 aromatic heterocycles. The summed E-state index contributed by atoms with van der Waals surface area (Å²) in [5, 5.41) is 2.97. The van der Waals surface area contributed by atoms with Crippen LogP contribution in [0.1, 0.15) is 6.42 Å². The van der Waals surface area contributed by atoms with Crippen molar-refractivity contribution in [3.05, 3.63) is 0 Å². The first kappa shape index (κ1) is 12.9. The molecule has 1 atom stereocenters. The maximum Gasteiger partial charge on any atom is 0.236 e. The van der Waals surface area contributed by atoms with Crippen LogP contribution in [0, 0.1) is 5.92 Å². The zero-order valence-corrected chi connectivity index (χ0v) is 9.57. The van der Waals surface area contributed by atoms with Gasteiger partial charge in [0.1, 0.15) is 0 Å². The van der Waals surface area contributed by atoms with Gasteiger partial charge < -0.3 is 20.7 Å². The fourth-order valence-electron chi connectivity index (χ4n) is 1.70. The number of methoxy groups -OCH3 is 1. The van der Waals surface area contributed by atoms with E-state index < -0.39 is 0 Å². The lowest BCUT2D eigenvalue weighted by Gasteiger charge is -2.16. The fourth-order valence-corrected chi connectivity index (χ4v) is 1.70. The third kappa shape index (κ3) is 3.79. The van der Waals surface area contributed by atoms with E-state index in [1.807, 2.05) is 0 Å². The summed E-state index contributed by atoms with van der Waals surface area (Å²) in [4.78, 5) is 24.2. The van der Waals surface area contributed by atoms with Crippen molar-refractivity contribution < 1.29 is 14.3 Å². The number of nitrogens with zero attached hydrogens (tertiary/aromatic N) is 1. The van der Waals surface area contributed by atoms with Crippen LogP contribution in [0.4, 0.5) is 0 Å². The quantitative estimate of drug-likeness (QED) is 0.546. The Morgan fingerprint density at radius 1 is 1.56 bits per heavy atom. The Morgan fingerprint density at radius 2 is 2.31 bits per heavy atom. The van der Waals surface area contributed by atoms with Crippen LogP contribution in [-0.2, 0) is 14.3 Å².